The maximum atomic E-state index is 11.0. The molecule has 0 aliphatic carbocycles. The lowest BCUT2D eigenvalue weighted by atomic mass is 9.88. The molecule has 1 saturated heterocycles. The molecule has 1 amide bonds. The second-order valence-corrected chi connectivity index (χ2v) is 4.07. The second-order valence-electron chi connectivity index (χ2n) is 4.07. The number of amides is 1. The molecule has 1 fully saturated rings. The fraction of sp³-hybridized carbons (Fsp3) is 0.750. The molecule has 1 rings (SSSR count). The van der Waals surface area contributed by atoms with Crippen LogP contribution in [0.2, 0.25) is 0 Å². The minimum absolute atomic E-state index is 0.0224. The van der Waals surface area contributed by atoms with Crippen LogP contribution in [0.4, 0.5) is 4.79 Å². The standard InChI is InChI=1S/C12H20N2O2/c1-5-12(6-2,7-3)14-8-10(9-14)16-11(15)13-4/h1,10H,6-9H2,2-4H3,(H,13,15). The van der Waals surface area contributed by atoms with Gasteiger partial charge < -0.3 is 10.1 Å². The molecule has 0 atom stereocenters. The van der Waals surface area contributed by atoms with E-state index in [0.29, 0.717) is 0 Å². The average Bonchev–Trinajstić information content (AvgIpc) is 2.27. The summed E-state index contributed by atoms with van der Waals surface area (Å²) in [5, 5.41) is 2.44. The Labute approximate surface area is 97.3 Å². The number of hydrogen-bond acceptors (Lipinski definition) is 3. The van der Waals surface area contributed by atoms with Crippen molar-refractivity contribution in [1.82, 2.24) is 10.2 Å². The Kier molecular flexibility index (Phi) is 4.19. The molecule has 16 heavy (non-hydrogen) atoms. The number of nitrogens with one attached hydrogen (secondary N) is 1. The van der Waals surface area contributed by atoms with E-state index in [4.69, 9.17) is 11.2 Å². The van der Waals surface area contributed by atoms with Gasteiger partial charge in [-0.3, -0.25) is 4.90 Å². The van der Waals surface area contributed by atoms with Gasteiger partial charge in [0.25, 0.3) is 0 Å². The zero-order valence-corrected chi connectivity index (χ0v) is 10.2. The molecule has 0 saturated carbocycles. The van der Waals surface area contributed by atoms with E-state index in [1.54, 1.807) is 7.05 Å². The van der Waals surface area contributed by atoms with Gasteiger partial charge in [-0.2, -0.15) is 0 Å². The first kappa shape index (κ1) is 12.9. The fourth-order valence-corrected chi connectivity index (χ4v) is 2.07. The van der Waals surface area contributed by atoms with Gasteiger partial charge in [-0.15, -0.1) is 6.42 Å². The zero-order chi connectivity index (χ0) is 12.2. The lowest BCUT2D eigenvalue weighted by molar-refractivity contribution is -0.0562. The third-order valence-corrected chi connectivity index (χ3v) is 3.37. The smallest absolute Gasteiger partial charge is 0.407 e. The van der Waals surface area contributed by atoms with Gasteiger partial charge in [-0.25, -0.2) is 4.79 Å². The SMILES string of the molecule is C#CC(CC)(CC)N1CC(OC(=O)NC)C1. The summed E-state index contributed by atoms with van der Waals surface area (Å²) in [4.78, 5) is 13.2. The molecule has 1 aliphatic heterocycles. The van der Waals surface area contributed by atoms with Gasteiger partial charge in [0, 0.05) is 20.1 Å². The topological polar surface area (TPSA) is 41.6 Å². The molecular weight excluding hydrogens is 204 g/mol. The van der Waals surface area contributed by atoms with Crippen molar-refractivity contribution in [1.29, 1.82) is 0 Å². The van der Waals surface area contributed by atoms with E-state index >= 15 is 0 Å². The van der Waals surface area contributed by atoms with Crippen molar-refractivity contribution in [3.05, 3.63) is 0 Å². The maximum absolute atomic E-state index is 11.0. The Morgan fingerprint density at radius 1 is 1.56 bits per heavy atom. The molecule has 0 bridgehead atoms. The van der Waals surface area contributed by atoms with Gasteiger partial charge in [0.15, 0.2) is 0 Å². The van der Waals surface area contributed by atoms with Crippen molar-refractivity contribution < 1.29 is 9.53 Å². The van der Waals surface area contributed by atoms with Gasteiger partial charge in [-0.05, 0) is 12.8 Å². The predicted molar refractivity (Wildman–Crippen MR) is 63.0 cm³/mol. The molecule has 4 nitrogen and oxygen atoms in total. The van der Waals surface area contributed by atoms with Gasteiger partial charge in [0.05, 0.1) is 5.54 Å². The summed E-state index contributed by atoms with van der Waals surface area (Å²) in [7, 11) is 1.56. The van der Waals surface area contributed by atoms with Crippen molar-refractivity contribution in [2.24, 2.45) is 0 Å². The highest BCUT2D eigenvalue weighted by atomic mass is 16.6. The van der Waals surface area contributed by atoms with Crippen LogP contribution in [0.25, 0.3) is 0 Å². The summed E-state index contributed by atoms with van der Waals surface area (Å²) >= 11 is 0. The summed E-state index contributed by atoms with van der Waals surface area (Å²) in [6.45, 7) is 5.66. The number of alkyl carbamates (subject to hydrolysis) is 1. The lowest BCUT2D eigenvalue weighted by Gasteiger charge is -2.48. The zero-order valence-electron chi connectivity index (χ0n) is 10.2. The number of ether oxygens (including phenoxy) is 1. The van der Waals surface area contributed by atoms with Crippen LogP contribution in [-0.4, -0.2) is 42.8 Å². The van der Waals surface area contributed by atoms with Crippen LogP contribution in [0.15, 0.2) is 0 Å². The van der Waals surface area contributed by atoms with Crippen molar-refractivity contribution in [2.45, 2.75) is 38.3 Å². The first-order valence-electron chi connectivity index (χ1n) is 5.73. The van der Waals surface area contributed by atoms with Crippen LogP contribution in [0.5, 0.6) is 0 Å². The highest BCUT2D eigenvalue weighted by Crippen LogP contribution is 2.29. The number of carbonyl (C=O) groups excluding carboxylic acids is 1. The summed E-state index contributed by atoms with van der Waals surface area (Å²) in [6, 6.07) is 0. The first-order chi connectivity index (χ1) is 7.61. The molecular formula is C12H20N2O2. The van der Waals surface area contributed by atoms with Crippen molar-refractivity contribution in [3.63, 3.8) is 0 Å². The third-order valence-electron chi connectivity index (χ3n) is 3.37. The molecule has 0 aromatic rings. The number of likely N-dealkylation sites (tertiary alicyclic amines) is 1. The highest BCUT2D eigenvalue weighted by Gasteiger charge is 2.41. The summed E-state index contributed by atoms with van der Waals surface area (Å²) in [6.07, 6.45) is 7.05. The Morgan fingerprint density at radius 2 is 2.12 bits per heavy atom. The molecule has 0 aromatic carbocycles. The van der Waals surface area contributed by atoms with E-state index < -0.39 is 0 Å². The number of carbonyl (C=O) groups is 1. The number of terminal acetylenes is 1. The Bertz CT molecular complexity index is 286. The van der Waals surface area contributed by atoms with Crippen molar-refractivity contribution in [2.75, 3.05) is 20.1 Å². The average molecular weight is 224 g/mol. The molecule has 0 spiro atoms. The number of rotatable bonds is 4. The van der Waals surface area contributed by atoms with Crippen molar-refractivity contribution in [3.8, 4) is 12.3 Å². The monoisotopic (exact) mass is 224 g/mol. The van der Waals surface area contributed by atoms with Crippen LogP contribution in [-0.2, 0) is 4.74 Å². The Morgan fingerprint density at radius 3 is 2.50 bits per heavy atom. The van der Waals surface area contributed by atoms with E-state index in [0.717, 1.165) is 25.9 Å². The van der Waals surface area contributed by atoms with Gasteiger partial charge >= 0.3 is 6.09 Å². The molecule has 1 aliphatic rings. The highest BCUT2D eigenvalue weighted by molar-refractivity contribution is 5.67. The van der Waals surface area contributed by atoms with Gasteiger partial charge in [0.1, 0.15) is 6.10 Å². The normalized spacial score (nSPS) is 17.4. The molecule has 1 heterocycles. The number of nitrogens with zero attached hydrogens (tertiary/aromatic N) is 1. The molecule has 0 unspecified atom stereocenters. The van der Waals surface area contributed by atoms with Crippen molar-refractivity contribution >= 4 is 6.09 Å². The summed E-state index contributed by atoms with van der Waals surface area (Å²) in [5.41, 5.74) is -0.164. The van der Waals surface area contributed by atoms with Crippen LogP contribution >= 0.6 is 0 Å². The Hall–Kier alpha value is -1.21. The summed E-state index contributed by atoms with van der Waals surface area (Å²) < 4.78 is 5.13. The van der Waals surface area contributed by atoms with E-state index in [1.165, 1.54) is 0 Å². The van der Waals surface area contributed by atoms with Crippen LogP contribution < -0.4 is 5.32 Å². The second kappa shape index (κ2) is 5.22. The maximum Gasteiger partial charge on any atom is 0.407 e. The van der Waals surface area contributed by atoms with E-state index in [9.17, 15) is 4.79 Å². The van der Waals surface area contributed by atoms with E-state index in [-0.39, 0.29) is 17.7 Å². The third kappa shape index (κ3) is 2.30. The quantitative estimate of drug-likeness (QED) is 0.730. The van der Waals surface area contributed by atoms with Gasteiger partial charge in [-0.1, -0.05) is 19.8 Å². The fourth-order valence-electron chi connectivity index (χ4n) is 2.07. The predicted octanol–water partition coefficient (Wildman–Crippen LogP) is 1.22. The lowest BCUT2D eigenvalue weighted by Crippen LogP contribution is -2.62. The first-order valence-corrected chi connectivity index (χ1v) is 5.73. The molecule has 1 N–H and O–H groups in total. The van der Waals surface area contributed by atoms with E-state index in [2.05, 4.69) is 30.0 Å². The van der Waals surface area contributed by atoms with Crippen LogP contribution in [0, 0.1) is 12.3 Å². The Balaban J connectivity index is 2.45. The minimum atomic E-state index is -0.371. The van der Waals surface area contributed by atoms with Crippen LogP contribution in [0.1, 0.15) is 26.7 Å². The molecule has 0 aromatic heterocycles. The largest absolute Gasteiger partial charge is 0.444 e. The van der Waals surface area contributed by atoms with E-state index in [1.807, 2.05) is 0 Å². The molecule has 0 radical (unpaired) electrons. The van der Waals surface area contributed by atoms with Crippen LogP contribution in [0.3, 0.4) is 0 Å². The summed E-state index contributed by atoms with van der Waals surface area (Å²) in [5.74, 6) is 2.87. The molecule has 90 valence electrons. The molecule has 4 heteroatoms. The minimum Gasteiger partial charge on any atom is -0.444 e. The number of hydrogen-bond donors (Lipinski definition) is 1. The van der Waals surface area contributed by atoms with Gasteiger partial charge in [0.2, 0.25) is 0 Å².